The SMILES string of the molecule is CCC1CCCC(OCC(N)CO)C1. The molecule has 0 aromatic rings. The Morgan fingerprint density at radius 1 is 1.50 bits per heavy atom. The fourth-order valence-electron chi connectivity index (χ4n) is 2.08. The fraction of sp³-hybridized carbons (Fsp3) is 1.00. The van der Waals surface area contributed by atoms with Crippen LogP contribution in [-0.4, -0.2) is 30.5 Å². The molecule has 3 nitrogen and oxygen atoms in total. The topological polar surface area (TPSA) is 55.5 Å². The van der Waals surface area contributed by atoms with Crippen LogP contribution < -0.4 is 5.73 Å². The zero-order chi connectivity index (χ0) is 10.4. The van der Waals surface area contributed by atoms with Gasteiger partial charge in [0.05, 0.1) is 25.4 Å². The van der Waals surface area contributed by atoms with E-state index in [9.17, 15) is 0 Å². The molecule has 0 radical (unpaired) electrons. The molecule has 0 aromatic carbocycles. The Morgan fingerprint density at radius 2 is 2.29 bits per heavy atom. The summed E-state index contributed by atoms with van der Waals surface area (Å²) in [6.07, 6.45) is 6.60. The van der Waals surface area contributed by atoms with E-state index in [1.807, 2.05) is 0 Å². The molecule has 0 amide bonds. The molecule has 84 valence electrons. The minimum absolute atomic E-state index is 0.0178. The second kappa shape index (κ2) is 6.38. The van der Waals surface area contributed by atoms with E-state index in [0.717, 1.165) is 12.3 Å². The maximum absolute atomic E-state index is 8.76. The lowest BCUT2D eigenvalue weighted by atomic mass is 9.85. The Morgan fingerprint density at radius 3 is 2.93 bits per heavy atom. The number of hydrogen-bond acceptors (Lipinski definition) is 3. The third-order valence-electron chi connectivity index (χ3n) is 3.09. The average molecular weight is 201 g/mol. The standard InChI is InChI=1S/C11H23NO2/c1-2-9-4-3-5-11(6-9)14-8-10(12)7-13/h9-11,13H,2-8,12H2,1H3. The quantitative estimate of drug-likeness (QED) is 0.704. The number of rotatable bonds is 5. The van der Waals surface area contributed by atoms with Gasteiger partial charge in [0.2, 0.25) is 0 Å². The minimum atomic E-state index is -0.211. The van der Waals surface area contributed by atoms with Crippen LogP contribution in [0.15, 0.2) is 0 Å². The summed E-state index contributed by atoms with van der Waals surface area (Å²) in [6, 6.07) is -0.211. The molecule has 0 bridgehead atoms. The van der Waals surface area contributed by atoms with Gasteiger partial charge < -0.3 is 15.6 Å². The highest BCUT2D eigenvalue weighted by Gasteiger charge is 2.21. The summed E-state index contributed by atoms with van der Waals surface area (Å²) >= 11 is 0. The van der Waals surface area contributed by atoms with E-state index in [1.165, 1.54) is 25.7 Å². The first kappa shape index (κ1) is 12.0. The monoisotopic (exact) mass is 201 g/mol. The van der Waals surface area contributed by atoms with Gasteiger partial charge in [0, 0.05) is 0 Å². The van der Waals surface area contributed by atoms with Crippen molar-refractivity contribution in [3.05, 3.63) is 0 Å². The van der Waals surface area contributed by atoms with Crippen molar-refractivity contribution in [2.24, 2.45) is 11.7 Å². The van der Waals surface area contributed by atoms with Gasteiger partial charge in [-0.1, -0.05) is 26.2 Å². The van der Waals surface area contributed by atoms with Crippen molar-refractivity contribution in [2.75, 3.05) is 13.2 Å². The third-order valence-corrected chi connectivity index (χ3v) is 3.09. The highest BCUT2D eigenvalue weighted by molar-refractivity contribution is 4.73. The van der Waals surface area contributed by atoms with Crippen molar-refractivity contribution in [3.63, 3.8) is 0 Å². The van der Waals surface area contributed by atoms with Gasteiger partial charge in [-0.3, -0.25) is 0 Å². The van der Waals surface area contributed by atoms with Crippen LogP contribution in [0.4, 0.5) is 0 Å². The van der Waals surface area contributed by atoms with Crippen LogP contribution in [0.1, 0.15) is 39.0 Å². The molecule has 3 N–H and O–H groups in total. The first-order valence-electron chi connectivity index (χ1n) is 5.74. The summed E-state index contributed by atoms with van der Waals surface area (Å²) in [4.78, 5) is 0. The van der Waals surface area contributed by atoms with E-state index < -0.39 is 0 Å². The zero-order valence-corrected chi connectivity index (χ0v) is 9.11. The molecule has 0 aliphatic heterocycles. The molecule has 3 unspecified atom stereocenters. The summed E-state index contributed by atoms with van der Waals surface area (Å²) in [6.45, 7) is 2.76. The van der Waals surface area contributed by atoms with Gasteiger partial charge in [0.25, 0.3) is 0 Å². The van der Waals surface area contributed by atoms with E-state index in [1.54, 1.807) is 0 Å². The number of ether oxygens (including phenoxy) is 1. The summed E-state index contributed by atoms with van der Waals surface area (Å²) < 4.78 is 5.68. The molecular weight excluding hydrogens is 178 g/mol. The summed E-state index contributed by atoms with van der Waals surface area (Å²) in [5, 5.41) is 8.76. The smallest absolute Gasteiger partial charge is 0.0643 e. The lowest BCUT2D eigenvalue weighted by molar-refractivity contribution is -0.000220. The Labute approximate surface area is 86.6 Å². The molecule has 14 heavy (non-hydrogen) atoms. The van der Waals surface area contributed by atoms with E-state index in [2.05, 4.69) is 6.92 Å². The predicted molar refractivity (Wildman–Crippen MR) is 57.1 cm³/mol. The van der Waals surface area contributed by atoms with Gasteiger partial charge in [0.15, 0.2) is 0 Å². The second-order valence-corrected chi connectivity index (χ2v) is 4.34. The Kier molecular flexibility index (Phi) is 5.45. The minimum Gasteiger partial charge on any atom is -0.395 e. The molecule has 0 aromatic heterocycles. The number of hydrogen-bond donors (Lipinski definition) is 2. The van der Waals surface area contributed by atoms with E-state index in [4.69, 9.17) is 15.6 Å². The fourth-order valence-corrected chi connectivity index (χ4v) is 2.08. The molecule has 1 saturated carbocycles. The van der Waals surface area contributed by atoms with E-state index in [0.29, 0.717) is 12.7 Å². The molecule has 0 heterocycles. The van der Waals surface area contributed by atoms with Crippen molar-refractivity contribution in [1.82, 2.24) is 0 Å². The Bertz CT molecular complexity index is 152. The van der Waals surface area contributed by atoms with Crippen LogP contribution >= 0.6 is 0 Å². The van der Waals surface area contributed by atoms with Crippen molar-refractivity contribution in [2.45, 2.75) is 51.2 Å². The molecule has 1 aliphatic rings. The van der Waals surface area contributed by atoms with Crippen molar-refractivity contribution in [1.29, 1.82) is 0 Å². The average Bonchev–Trinajstić information content (AvgIpc) is 2.26. The molecule has 1 rings (SSSR count). The lowest BCUT2D eigenvalue weighted by Crippen LogP contribution is -2.33. The van der Waals surface area contributed by atoms with Gasteiger partial charge in [-0.2, -0.15) is 0 Å². The van der Waals surface area contributed by atoms with Crippen LogP contribution in [-0.2, 0) is 4.74 Å². The summed E-state index contributed by atoms with van der Waals surface area (Å²) in [5.74, 6) is 0.833. The van der Waals surface area contributed by atoms with Gasteiger partial charge in [0.1, 0.15) is 0 Å². The van der Waals surface area contributed by atoms with Gasteiger partial charge in [-0.25, -0.2) is 0 Å². The van der Waals surface area contributed by atoms with Crippen molar-refractivity contribution in [3.8, 4) is 0 Å². The summed E-state index contributed by atoms with van der Waals surface area (Å²) in [5.41, 5.74) is 5.58. The largest absolute Gasteiger partial charge is 0.395 e. The van der Waals surface area contributed by atoms with Crippen LogP contribution in [0.25, 0.3) is 0 Å². The molecule has 0 spiro atoms. The van der Waals surface area contributed by atoms with E-state index >= 15 is 0 Å². The normalized spacial score (nSPS) is 30.2. The highest BCUT2D eigenvalue weighted by Crippen LogP contribution is 2.28. The zero-order valence-electron chi connectivity index (χ0n) is 9.11. The number of nitrogens with two attached hydrogens (primary N) is 1. The van der Waals surface area contributed by atoms with E-state index in [-0.39, 0.29) is 12.6 Å². The highest BCUT2D eigenvalue weighted by atomic mass is 16.5. The molecule has 0 saturated heterocycles. The van der Waals surface area contributed by atoms with Gasteiger partial charge in [-0.15, -0.1) is 0 Å². The van der Waals surface area contributed by atoms with Crippen LogP contribution in [0.2, 0.25) is 0 Å². The maximum Gasteiger partial charge on any atom is 0.0643 e. The van der Waals surface area contributed by atoms with Gasteiger partial charge in [-0.05, 0) is 18.8 Å². The second-order valence-electron chi connectivity index (χ2n) is 4.34. The first-order valence-corrected chi connectivity index (χ1v) is 5.74. The van der Waals surface area contributed by atoms with Gasteiger partial charge >= 0.3 is 0 Å². The first-order chi connectivity index (χ1) is 6.76. The predicted octanol–water partition coefficient (Wildman–Crippen LogP) is 1.29. The van der Waals surface area contributed by atoms with Crippen LogP contribution in [0.5, 0.6) is 0 Å². The van der Waals surface area contributed by atoms with Crippen LogP contribution in [0, 0.1) is 5.92 Å². The number of aliphatic hydroxyl groups is 1. The maximum atomic E-state index is 8.76. The van der Waals surface area contributed by atoms with Crippen molar-refractivity contribution < 1.29 is 9.84 Å². The van der Waals surface area contributed by atoms with Crippen LogP contribution in [0.3, 0.4) is 0 Å². The summed E-state index contributed by atoms with van der Waals surface area (Å²) in [7, 11) is 0. The third kappa shape index (κ3) is 3.95. The molecule has 3 heteroatoms. The lowest BCUT2D eigenvalue weighted by Gasteiger charge is -2.29. The molecule has 1 fully saturated rings. The molecular formula is C11H23NO2. The number of aliphatic hydroxyl groups excluding tert-OH is 1. The molecule has 1 aliphatic carbocycles. The molecule has 3 atom stereocenters. The Balaban J connectivity index is 2.17. The Hall–Kier alpha value is -0.120. The van der Waals surface area contributed by atoms with Crippen molar-refractivity contribution >= 4 is 0 Å².